The molecule has 1 atom stereocenters. The van der Waals surface area contributed by atoms with E-state index < -0.39 is 23.7 Å². The average Bonchev–Trinajstić information content (AvgIpc) is 3.00. The van der Waals surface area contributed by atoms with Crippen LogP contribution in [-0.4, -0.2) is 40.8 Å². The third kappa shape index (κ3) is 4.51. The summed E-state index contributed by atoms with van der Waals surface area (Å²) in [6.45, 7) is 7.83. The molecular weight excluding hydrogens is 410 g/mol. The van der Waals surface area contributed by atoms with E-state index in [0.29, 0.717) is 42.2 Å². The van der Waals surface area contributed by atoms with Gasteiger partial charge in [-0.3, -0.25) is 14.4 Å². The molecule has 1 unspecified atom stereocenters. The van der Waals surface area contributed by atoms with E-state index in [2.05, 4.69) is 0 Å². The molecule has 168 valence electrons. The molecule has 1 amide bonds. The standard InChI is InChI=1S/C25H27NO6/c1-5-13-26-22(17-7-10-19(11-8-17)32-16(4)27)21(24(29)25(26)30)23(28)18-9-12-20(31-6-2)15(3)14-18/h7-12,14,22,28H,5-6,13H2,1-4H3/b23-21-. The van der Waals surface area contributed by atoms with Crippen LogP contribution in [-0.2, 0) is 14.4 Å². The number of hydrogen-bond donors (Lipinski definition) is 1. The van der Waals surface area contributed by atoms with Crippen molar-refractivity contribution in [2.24, 2.45) is 0 Å². The van der Waals surface area contributed by atoms with Gasteiger partial charge in [-0.2, -0.15) is 0 Å². The second kappa shape index (κ2) is 9.68. The number of Topliss-reactive ketones (excluding diaryl/α,β-unsaturated/α-hetero) is 1. The Morgan fingerprint density at radius 1 is 1.09 bits per heavy atom. The van der Waals surface area contributed by atoms with Gasteiger partial charge in [-0.1, -0.05) is 19.1 Å². The molecule has 7 heteroatoms. The fourth-order valence-electron chi connectivity index (χ4n) is 3.85. The van der Waals surface area contributed by atoms with Gasteiger partial charge in [0, 0.05) is 19.0 Å². The highest BCUT2D eigenvalue weighted by molar-refractivity contribution is 6.46. The van der Waals surface area contributed by atoms with E-state index in [1.807, 2.05) is 20.8 Å². The first kappa shape index (κ1) is 23.1. The van der Waals surface area contributed by atoms with E-state index in [1.54, 1.807) is 42.5 Å². The predicted molar refractivity (Wildman–Crippen MR) is 119 cm³/mol. The van der Waals surface area contributed by atoms with Gasteiger partial charge in [0.15, 0.2) is 0 Å². The van der Waals surface area contributed by atoms with Gasteiger partial charge in [0.05, 0.1) is 18.2 Å². The molecule has 1 fully saturated rings. The minimum atomic E-state index is -0.742. The van der Waals surface area contributed by atoms with Crippen LogP contribution in [0.3, 0.4) is 0 Å². The number of carbonyl (C=O) groups is 3. The second-order valence-corrected chi connectivity index (χ2v) is 7.57. The van der Waals surface area contributed by atoms with Gasteiger partial charge in [0.25, 0.3) is 11.7 Å². The molecule has 2 aromatic carbocycles. The van der Waals surface area contributed by atoms with Crippen LogP contribution in [0.15, 0.2) is 48.0 Å². The number of amides is 1. The topological polar surface area (TPSA) is 93.1 Å². The van der Waals surface area contributed by atoms with Crippen LogP contribution in [0.25, 0.3) is 5.76 Å². The van der Waals surface area contributed by atoms with Crippen molar-refractivity contribution >= 4 is 23.4 Å². The van der Waals surface area contributed by atoms with Crippen molar-refractivity contribution < 1.29 is 29.0 Å². The van der Waals surface area contributed by atoms with Gasteiger partial charge in [-0.05, 0) is 61.7 Å². The Bertz CT molecular complexity index is 1070. The third-order valence-corrected chi connectivity index (χ3v) is 5.21. The Morgan fingerprint density at radius 3 is 2.34 bits per heavy atom. The summed E-state index contributed by atoms with van der Waals surface area (Å²) in [5.41, 5.74) is 1.91. The highest BCUT2D eigenvalue weighted by Crippen LogP contribution is 2.40. The van der Waals surface area contributed by atoms with Gasteiger partial charge in [0.1, 0.15) is 17.3 Å². The van der Waals surface area contributed by atoms with E-state index in [4.69, 9.17) is 9.47 Å². The van der Waals surface area contributed by atoms with Crippen molar-refractivity contribution in [3.8, 4) is 11.5 Å². The lowest BCUT2D eigenvalue weighted by Crippen LogP contribution is -2.30. The number of ether oxygens (including phenoxy) is 2. The number of aliphatic hydroxyl groups is 1. The molecule has 0 spiro atoms. The molecule has 1 saturated heterocycles. The number of esters is 1. The summed E-state index contributed by atoms with van der Waals surface area (Å²) in [6, 6.07) is 11.0. The molecule has 1 N–H and O–H groups in total. The third-order valence-electron chi connectivity index (χ3n) is 5.21. The lowest BCUT2D eigenvalue weighted by molar-refractivity contribution is -0.139. The summed E-state index contributed by atoms with van der Waals surface area (Å²) in [5, 5.41) is 11.1. The van der Waals surface area contributed by atoms with E-state index in [9.17, 15) is 19.5 Å². The highest BCUT2D eigenvalue weighted by atomic mass is 16.5. The largest absolute Gasteiger partial charge is 0.507 e. The van der Waals surface area contributed by atoms with Crippen molar-refractivity contribution in [3.05, 3.63) is 64.7 Å². The van der Waals surface area contributed by atoms with E-state index >= 15 is 0 Å². The second-order valence-electron chi connectivity index (χ2n) is 7.57. The van der Waals surface area contributed by atoms with Crippen LogP contribution in [0.5, 0.6) is 11.5 Å². The minimum Gasteiger partial charge on any atom is -0.507 e. The molecule has 0 aromatic heterocycles. The summed E-state index contributed by atoms with van der Waals surface area (Å²) in [5.74, 6) is -1.01. The van der Waals surface area contributed by atoms with Gasteiger partial charge in [-0.15, -0.1) is 0 Å². The van der Waals surface area contributed by atoms with E-state index in [-0.39, 0.29) is 11.3 Å². The Labute approximate surface area is 187 Å². The van der Waals surface area contributed by atoms with Gasteiger partial charge in [-0.25, -0.2) is 0 Å². The molecule has 0 saturated carbocycles. The van der Waals surface area contributed by atoms with Crippen LogP contribution in [0, 0.1) is 6.92 Å². The van der Waals surface area contributed by atoms with Crippen molar-refractivity contribution in [1.82, 2.24) is 4.90 Å². The van der Waals surface area contributed by atoms with Crippen LogP contribution in [0.4, 0.5) is 0 Å². The number of aliphatic hydroxyl groups excluding tert-OH is 1. The number of likely N-dealkylation sites (tertiary alicyclic amines) is 1. The molecule has 2 aromatic rings. The molecule has 0 radical (unpaired) electrons. The molecule has 0 bridgehead atoms. The zero-order chi connectivity index (χ0) is 23.4. The molecule has 1 aliphatic heterocycles. The molecule has 3 rings (SSSR count). The summed E-state index contributed by atoms with van der Waals surface area (Å²) in [7, 11) is 0. The Hall–Kier alpha value is -3.61. The number of nitrogens with zero attached hydrogens (tertiary/aromatic N) is 1. The monoisotopic (exact) mass is 437 g/mol. The Morgan fingerprint density at radius 2 is 1.78 bits per heavy atom. The first-order valence-electron chi connectivity index (χ1n) is 10.6. The smallest absolute Gasteiger partial charge is 0.308 e. The first-order chi connectivity index (χ1) is 15.3. The van der Waals surface area contributed by atoms with Gasteiger partial charge >= 0.3 is 5.97 Å². The van der Waals surface area contributed by atoms with Crippen molar-refractivity contribution in [2.75, 3.05) is 13.2 Å². The van der Waals surface area contributed by atoms with Gasteiger partial charge < -0.3 is 19.5 Å². The van der Waals surface area contributed by atoms with Crippen LogP contribution in [0.1, 0.15) is 49.9 Å². The molecule has 0 aliphatic carbocycles. The molecule has 1 aliphatic rings. The fourth-order valence-corrected chi connectivity index (χ4v) is 3.85. The number of ketones is 1. The normalized spacial score (nSPS) is 17.5. The summed E-state index contributed by atoms with van der Waals surface area (Å²) >= 11 is 0. The van der Waals surface area contributed by atoms with Crippen LogP contribution in [0.2, 0.25) is 0 Å². The first-order valence-corrected chi connectivity index (χ1v) is 10.6. The van der Waals surface area contributed by atoms with E-state index in [0.717, 1.165) is 5.56 Å². The number of aryl methyl sites for hydroxylation is 1. The molecule has 32 heavy (non-hydrogen) atoms. The van der Waals surface area contributed by atoms with Crippen LogP contribution < -0.4 is 9.47 Å². The Balaban J connectivity index is 2.10. The Kier molecular flexibility index (Phi) is 6.98. The molecular formula is C25H27NO6. The summed E-state index contributed by atoms with van der Waals surface area (Å²) in [4.78, 5) is 38.4. The van der Waals surface area contributed by atoms with Crippen molar-refractivity contribution in [3.63, 3.8) is 0 Å². The number of carbonyl (C=O) groups excluding carboxylic acids is 3. The van der Waals surface area contributed by atoms with E-state index in [1.165, 1.54) is 11.8 Å². The number of hydrogen-bond acceptors (Lipinski definition) is 6. The van der Waals surface area contributed by atoms with Crippen molar-refractivity contribution in [2.45, 2.75) is 40.2 Å². The number of benzene rings is 2. The van der Waals surface area contributed by atoms with Crippen LogP contribution >= 0.6 is 0 Å². The maximum Gasteiger partial charge on any atom is 0.308 e. The average molecular weight is 437 g/mol. The SMILES string of the molecule is CCCN1C(=O)C(=O)/C(=C(\O)c2ccc(OCC)c(C)c2)C1c1ccc(OC(C)=O)cc1. The number of rotatable bonds is 7. The predicted octanol–water partition coefficient (Wildman–Crippen LogP) is 4.15. The highest BCUT2D eigenvalue weighted by Gasteiger charge is 2.45. The summed E-state index contributed by atoms with van der Waals surface area (Å²) in [6.07, 6.45) is 0.650. The van der Waals surface area contributed by atoms with Crippen molar-refractivity contribution in [1.29, 1.82) is 0 Å². The minimum absolute atomic E-state index is 0.0345. The lowest BCUT2D eigenvalue weighted by atomic mass is 9.94. The maximum absolute atomic E-state index is 13.0. The molecule has 7 nitrogen and oxygen atoms in total. The quantitative estimate of drug-likeness (QED) is 0.230. The zero-order valence-corrected chi connectivity index (χ0v) is 18.7. The lowest BCUT2D eigenvalue weighted by Gasteiger charge is -2.25. The zero-order valence-electron chi connectivity index (χ0n) is 18.7. The summed E-state index contributed by atoms with van der Waals surface area (Å²) < 4.78 is 10.6. The molecule has 1 heterocycles. The fraction of sp³-hybridized carbons (Fsp3) is 0.320. The maximum atomic E-state index is 13.0. The van der Waals surface area contributed by atoms with Gasteiger partial charge in [0.2, 0.25) is 0 Å².